The van der Waals surface area contributed by atoms with Gasteiger partial charge in [0, 0.05) is 19.0 Å². The molecule has 0 saturated heterocycles. The van der Waals surface area contributed by atoms with Crippen LogP contribution in [0.3, 0.4) is 0 Å². The van der Waals surface area contributed by atoms with E-state index in [4.69, 9.17) is 0 Å². The van der Waals surface area contributed by atoms with Gasteiger partial charge >= 0.3 is 0 Å². The molecule has 0 spiro atoms. The summed E-state index contributed by atoms with van der Waals surface area (Å²) in [6.07, 6.45) is 1.67. The van der Waals surface area contributed by atoms with Crippen molar-refractivity contribution in [3.05, 3.63) is 56.4 Å². The smallest absolute Gasteiger partial charge is 0.282 e. The first kappa shape index (κ1) is 15.8. The second-order valence-corrected chi connectivity index (χ2v) is 6.65. The van der Waals surface area contributed by atoms with Gasteiger partial charge in [-0.15, -0.1) is 0 Å². The van der Waals surface area contributed by atoms with E-state index in [1.165, 1.54) is 15.8 Å². The van der Waals surface area contributed by atoms with Crippen LogP contribution in [0.1, 0.15) is 25.0 Å². The Morgan fingerprint density at radius 3 is 2.67 bits per heavy atom. The van der Waals surface area contributed by atoms with Crippen molar-refractivity contribution in [2.45, 2.75) is 26.2 Å². The molecule has 5 heteroatoms. The summed E-state index contributed by atoms with van der Waals surface area (Å²) in [4.78, 5) is 11.9. The number of benzene rings is 1. The van der Waals surface area contributed by atoms with Crippen LogP contribution in [0.5, 0.6) is 0 Å². The Balaban J connectivity index is 2.22. The van der Waals surface area contributed by atoms with Gasteiger partial charge in [0.05, 0.1) is 11.9 Å². The lowest BCUT2D eigenvalue weighted by Gasteiger charge is -2.28. The molecule has 0 aliphatic heterocycles. The zero-order valence-corrected chi connectivity index (χ0v) is 14.4. The van der Waals surface area contributed by atoms with Crippen LogP contribution in [-0.4, -0.2) is 16.3 Å². The molecular formula is C16H20BrN3O. The predicted octanol–water partition coefficient (Wildman–Crippen LogP) is 3.24. The number of hydrogen-bond donors (Lipinski definition) is 1. The first-order chi connectivity index (χ1) is 9.83. The number of hydrogen-bond acceptors (Lipinski definition) is 3. The van der Waals surface area contributed by atoms with E-state index in [0.29, 0.717) is 11.0 Å². The fourth-order valence-electron chi connectivity index (χ4n) is 2.38. The van der Waals surface area contributed by atoms with Crippen LogP contribution in [-0.2, 0) is 12.5 Å². The summed E-state index contributed by atoms with van der Waals surface area (Å²) < 4.78 is 1.82. The van der Waals surface area contributed by atoms with Gasteiger partial charge in [-0.25, -0.2) is 4.68 Å². The van der Waals surface area contributed by atoms with Gasteiger partial charge in [-0.3, -0.25) is 4.79 Å². The van der Waals surface area contributed by atoms with E-state index >= 15 is 0 Å². The molecule has 0 radical (unpaired) electrons. The number of nitrogens with zero attached hydrogens (tertiary/aromatic N) is 2. The van der Waals surface area contributed by atoms with Crippen molar-refractivity contribution in [3.8, 4) is 0 Å². The second-order valence-electron chi connectivity index (χ2n) is 5.85. The van der Waals surface area contributed by atoms with Gasteiger partial charge in [0.2, 0.25) is 0 Å². The minimum absolute atomic E-state index is 0.0497. The minimum atomic E-state index is -0.145. The summed E-state index contributed by atoms with van der Waals surface area (Å²) >= 11 is 3.33. The predicted molar refractivity (Wildman–Crippen MR) is 89.9 cm³/mol. The SMILES string of the molecule is Cc1ccccc1C(C)(C)CNc1cnn(C)c(=O)c1Br. The van der Waals surface area contributed by atoms with Gasteiger partial charge in [0.25, 0.3) is 5.56 Å². The Hall–Kier alpha value is -1.62. The number of nitrogens with one attached hydrogen (secondary N) is 1. The molecule has 21 heavy (non-hydrogen) atoms. The van der Waals surface area contributed by atoms with E-state index in [9.17, 15) is 4.79 Å². The maximum absolute atomic E-state index is 11.9. The zero-order valence-electron chi connectivity index (χ0n) is 12.8. The van der Waals surface area contributed by atoms with Gasteiger partial charge in [-0.2, -0.15) is 5.10 Å². The number of halogens is 1. The number of aromatic nitrogens is 2. The third-order valence-electron chi connectivity index (χ3n) is 3.67. The number of rotatable bonds is 4. The van der Waals surface area contributed by atoms with Crippen molar-refractivity contribution in [2.75, 3.05) is 11.9 Å². The third kappa shape index (κ3) is 3.35. The van der Waals surface area contributed by atoms with E-state index in [1.807, 2.05) is 6.07 Å². The second kappa shape index (κ2) is 6.02. The average Bonchev–Trinajstić information content (AvgIpc) is 2.44. The lowest BCUT2D eigenvalue weighted by molar-refractivity contribution is 0.552. The molecule has 1 heterocycles. The molecule has 2 aromatic rings. The molecule has 1 aromatic heterocycles. The molecule has 0 aliphatic rings. The Morgan fingerprint density at radius 1 is 1.33 bits per heavy atom. The highest BCUT2D eigenvalue weighted by Gasteiger charge is 2.22. The van der Waals surface area contributed by atoms with Gasteiger partial charge in [-0.05, 0) is 34.0 Å². The highest BCUT2D eigenvalue weighted by molar-refractivity contribution is 9.10. The van der Waals surface area contributed by atoms with Crippen LogP contribution in [0, 0.1) is 6.92 Å². The van der Waals surface area contributed by atoms with E-state index in [-0.39, 0.29) is 11.0 Å². The third-order valence-corrected chi connectivity index (χ3v) is 4.44. The van der Waals surface area contributed by atoms with E-state index < -0.39 is 0 Å². The molecular weight excluding hydrogens is 330 g/mol. The summed E-state index contributed by atoms with van der Waals surface area (Å²) in [5.41, 5.74) is 3.09. The van der Waals surface area contributed by atoms with Crippen molar-refractivity contribution >= 4 is 21.6 Å². The molecule has 0 bridgehead atoms. The van der Waals surface area contributed by atoms with Crippen LogP contribution in [0.2, 0.25) is 0 Å². The Morgan fingerprint density at radius 2 is 2.00 bits per heavy atom. The maximum atomic E-state index is 11.9. The lowest BCUT2D eigenvalue weighted by Crippen LogP contribution is -2.30. The largest absolute Gasteiger partial charge is 0.382 e. The van der Waals surface area contributed by atoms with Crippen LogP contribution in [0.4, 0.5) is 5.69 Å². The normalized spacial score (nSPS) is 11.5. The first-order valence-electron chi connectivity index (χ1n) is 6.85. The van der Waals surface area contributed by atoms with Crippen LogP contribution in [0.15, 0.2) is 39.7 Å². The summed E-state index contributed by atoms with van der Waals surface area (Å²) in [6.45, 7) is 7.20. The molecule has 4 nitrogen and oxygen atoms in total. The van der Waals surface area contributed by atoms with Gasteiger partial charge < -0.3 is 5.32 Å². The fraction of sp³-hybridized carbons (Fsp3) is 0.375. The highest BCUT2D eigenvalue weighted by Crippen LogP contribution is 2.27. The maximum Gasteiger partial charge on any atom is 0.282 e. The molecule has 112 valence electrons. The van der Waals surface area contributed by atoms with Crippen molar-refractivity contribution in [1.82, 2.24) is 9.78 Å². The molecule has 0 aliphatic carbocycles. The van der Waals surface area contributed by atoms with E-state index in [2.05, 4.69) is 65.3 Å². The topological polar surface area (TPSA) is 46.9 Å². The Bertz CT molecular complexity index is 707. The standard InChI is InChI=1S/C16H20BrN3O/c1-11-7-5-6-8-12(11)16(2,3)10-18-13-9-19-20(4)15(21)14(13)17/h5-9,18H,10H2,1-4H3. The first-order valence-corrected chi connectivity index (χ1v) is 7.64. The summed E-state index contributed by atoms with van der Waals surface area (Å²) in [7, 11) is 1.63. The fourth-order valence-corrected chi connectivity index (χ4v) is 2.88. The lowest BCUT2D eigenvalue weighted by atomic mass is 9.82. The van der Waals surface area contributed by atoms with Crippen LogP contribution in [0.25, 0.3) is 0 Å². The van der Waals surface area contributed by atoms with Crippen molar-refractivity contribution in [3.63, 3.8) is 0 Å². The molecule has 1 aromatic carbocycles. The van der Waals surface area contributed by atoms with Gasteiger partial charge in [0.1, 0.15) is 4.47 Å². The van der Waals surface area contributed by atoms with Crippen molar-refractivity contribution < 1.29 is 0 Å². The molecule has 0 atom stereocenters. The molecule has 0 fully saturated rings. The molecule has 0 unspecified atom stereocenters. The summed E-state index contributed by atoms with van der Waals surface area (Å²) in [5.74, 6) is 0. The van der Waals surface area contributed by atoms with Gasteiger partial charge in [0.15, 0.2) is 0 Å². The summed E-state index contributed by atoms with van der Waals surface area (Å²) in [5, 5.41) is 7.37. The highest BCUT2D eigenvalue weighted by atomic mass is 79.9. The van der Waals surface area contributed by atoms with Gasteiger partial charge in [-0.1, -0.05) is 38.1 Å². The molecule has 0 amide bonds. The molecule has 1 N–H and O–H groups in total. The van der Waals surface area contributed by atoms with E-state index in [1.54, 1.807) is 13.2 Å². The molecule has 0 saturated carbocycles. The average molecular weight is 350 g/mol. The van der Waals surface area contributed by atoms with Crippen molar-refractivity contribution in [2.24, 2.45) is 7.05 Å². The monoisotopic (exact) mass is 349 g/mol. The molecule has 2 rings (SSSR count). The van der Waals surface area contributed by atoms with Crippen molar-refractivity contribution in [1.29, 1.82) is 0 Å². The Labute approximate surface area is 133 Å². The Kier molecular flexibility index (Phi) is 4.52. The van der Waals surface area contributed by atoms with Crippen LogP contribution < -0.4 is 10.9 Å². The zero-order chi connectivity index (χ0) is 15.6. The summed E-state index contributed by atoms with van der Waals surface area (Å²) in [6, 6.07) is 8.37. The van der Waals surface area contributed by atoms with Crippen LogP contribution >= 0.6 is 15.9 Å². The number of aryl methyl sites for hydroxylation is 2. The minimum Gasteiger partial charge on any atom is -0.382 e. The van der Waals surface area contributed by atoms with E-state index in [0.717, 1.165) is 5.69 Å². The number of anilines is 1. The quantitative estimate of drug-likeness (QED) is 0.921.